The molecule has 0 amide bonds. The van der Waals surface area contributed by atoms with Crippen molar-refractivity contribution in [2.75, 3.05) is 0 Å². The Morgan fingerprint density at radius 2 is 1.17 bits per heavy atom. The zero-order chi connectivity index (χ0) is 24.0. The van der Waals surface area contributed by atoms with E-state index in [-0.39, 0.29) is 0 Å². The van der Waals surface area contributed by atoms with Crippen molar-refractivity contribution >= 4 is 11.6 Å². The van der Waals surface area contributed by atoms with Crippen molar-refractivity contribution in [1.29, 1.82) is 0 Å². The van der Waals surface area contributed by atoms with E-state index in [0.29, 0.717) is 0 Å². The second-order valence-corrected chi connectivity index (χ2v) is 8.39. The molecule has 0 bridgehead atoms. The van der Waals surface area contributed by atoms with Crippen molar-refractivity contribution in [3.63, 3.8) is 0 Å². The van der Waals surface area contributed by atoms with Gasteiger partial charge < -0.3 is 0 Å². The Morgan fingerprint density at radius 3 is 1.80 bits per heavy atom. The van der Waals surface area contributed by atoms with Gasteiger partial charge in [0.25, 0.3) is 0 Å². The van der Waals surface area contributed by atoms with E-state index in [4.69, 9.17) is 9.97 Å². The Kier molecular flexibility index (Phi) is 6.45. The van der Waals surface area contributed by atoms with Crippen molar-refractivity contribution in [2.24, 2.45) is 0 Å². The Morgan fingerprint density at radius 1 is 0.629 bits per heavy atom. The summed E-state index contributed by atoms with van der Waals surface area (Å²) in [5.74, 6) is 0.725. The molecule has 0 fully saturated rings. The molecule has 2 heteroatoms. The molecule has 5 aromatic rings. The number of allylic oxidation sites excluding steroid dienone is 1. The molecule has 0 N–H and O–H groups in total. The predicted molar refractivity (Wildman–Crippen MR) is 147 cm³/mol. The van der Waals surface area contributed by atoms with Crippen LogP contribution in [0.3, 0.4) is 0 Å². The van der Waals surface area contributed by atoms with E-state index in [0.717, 1.165) is 33.9 Å². The van der Waals surface area contributed by atoms with E-state index in [1.807, 2.05) is 60.7 Å². The third-order valence-electron chi connectivity index (χ3n) is 6.10. The highest BCUT2D eigenvalue weighted by atomic mass is 14.9. The third-order valence-corrected chi connectivity index (χ3v) is 6.10. The minimum absolute atomic E-state index is 0.725. The van der Waals surface area contributed by atoms with Crippen molar-refractivity contribution < 1.29 is 0 Å². The molecule has 168 valence electrons. The van der Waals surface area contributed by atoms with Crippen molar-refractivity contribution in [3.05, 3.63) is 144 Å². The summed E-state index contributed by atoms with van der Waals surface area (Å²) in [4.78, 5) is 9.82. The molecule has 1 heterocycles. The van der Waals surface area contributed by atoms with Crippen LogP contribution in [0.5, 0.6) is 0 Å². The molecule has 35 heavy (non-hydrogen) atoms. The van der Waals surface area contributed by atoms with Gasteiger partial charge in [0.1, 0.15) is 0 Å². The van der Waals surface area contributed by atoms with Crippen LogP contribution in [-0.2, 0) is 0 Å². The highest BCUT2D eigenvalue weighted by molar-refractivity contribution is 5.73. The molecule has 0 aliphatic rings. The van der Waals surface area contributed by atoms with Gasteiger partial charge in [-0.1, -0.05) is 128 Å². The molecule has 0 atom stereocenters. The van der Waals surface area contributed by atoms with Gasteiger partial charge >= 0.3 is 0 Å². The number of aromatic nitrogens is 2. The highest BCUT2D eigenvalue weighted by Gasteiger charge is 2.10. The lowest BCUT2D eigenvalue weighted by atomic mass is 10.00. The van der Waals surface area contributed by atoms with Gasteiger partial charge in [0, 0.05) is 16.7 Å². The van der Waals surface area contributed by atoms with E-state index < -0.39 is 0 Å². The van der Waals surface area contributed by atoms with Gasteiger partial charge in [-0.2, -0.15) is 0 Å². The zero-order valence-electron chi connectivity index (χ0n) is 19.7. The van der Waals surface area contributed by atoms with E-state index >= 15 is 0 Å². The first kappa shape index (κ1) is 22.2. The number of nitrogens with zero attached hydrogens (tertiary/aromatic N) is 2. The van der Waals surface area contributed by atoms with Gasteiger partial charge in [0.05, 0.1) is 11.4 Å². The smallest absolute Gasteiger partial charge is 0.160 e. The van der Waals surface area contributed by atoms with Crippen LogP contribution in [0.2, 0.25) is 0 Å². The van der Waals surface area contributed by atoms with Crippen LogP contribution in [0.25, 0.3) is 45.6 Å². The Balaban J connectivity index is 1.61. The average molecular weight is 451 g/mol. The summed E-state index contributed by atoms with van der Waals surface area (Å²) in [6.07, 6.45) is 3.88. The first-order valence-electron chi connectivity index (χ1n) is 11.7. The maximum Gasteiger partial charge on any atom is 0.160 e. The molecular weight excluding hydrogens is 424 g/mol. The molecule has 0 unspecified atom stereocenters. The second kappa shape index (κ2) is 10.1. The minimum Gasteiger partial charge on any atom is -0.228 e. The average Bonchev–Trinajstić information content (AvgIpc) is 2.94. The standard InChI is InChI=1S/C33H26N2/c1-3-12-26-13-10-11-18-30(26)24(2)25-19-21-28(22-20-25)32-23-31(27-14-6-4-7-15-27)34-33(35-32)29-16-8-5-9-17-29/h3-23H,1H2,2H3/b26-12-,30-24+. The fourth-order valence-corrected chi connectivity index (χ4v) is 4.23. The Hall–Kier alpha value is -4.56. The first-order valence-corrected chi connectivity index (χ1v) is 11.7. The largest absolute Gasteiger partial charge is 0.228 e. The van der Waals surface area contributed by atoms with Gasteiger partial charge in [0.15, 0.2) is 5.82 Å². The van der Waals surface area contributed by atoms with E-state index in [2.05, 4.69) is 80.2 Å². The first-order chi connectivity index (χ1) is 17.2. The minimum atomic E-state index is 0.725. The predicted octanol–water partition coefficient (Wildman–Crippen LogP) is 6.66. The maximum absolute atomic E-state index is 4.94. The van der Waals surface area contributed by atoms with Crippen LogP contribution in [0.4, 0.5) is 0 Å². The van der Waals surface area contributed by atoms with Crippen LogP contribution < -0.4 is 10.4 Å². The van der Waals surface area contributed by atoms with Crippen molar-refractivity contribution in [3.8, 4) is 33.9 Å². The van der Waals surface area contributed by atoms with Gasteiger partial charge in [-0.3, -0.25) is 0 Å². The van der Waals surface area contributed by atoms with Crippen LogP contribution in [0.1, 0.15) is 12.5 Å². The lowest BCUT2D eigenvalue weighted by molar-refractivity contribution is 1.18. The fourth-order valence-electron chi connectivity index (χ4n) is 4.23. The molecule has 2 nitrogen and oxygen atoms in total. The van der Waals surface area contributed by atoms with Crippen LogP contribution >= 0.6 is 0 Å². The number of hydrogen-bond donors (Lipinski definition) is 0. The summed E-state index contributed by atoms with van der Waals surface area (Å²) < 4.78 is 0. The molecule has 0 aliphatic carbocycles. The van der Waals surface area contributed by atoms with Crippen molar-refractivity contribution in [2.45, 2.75) is 6.92 Å². The molecule has 0 aliphatic heterocycles. The molecule has 4 aromatic carbocycles. The molecule has 0 saturated heterocycles. The molecule has 0 saturated carbocycles. The van der Waals surface area contributed by atoms with Gasteiger partial charge in [-0.25, -0.2) is 9.97 Å². The number of benzene rings is 4. The lowest BCUT2D eigenvalue weighted by Crippen LogP contribution is -2.25. The lowest BCUT2D eigenvalue weighted by Gasteiger charge is -2.10. The van der Waals surface area contributed by atoms with E-state index in [1.54, 1.807) is 0 Å². The van der Waals surface area contributed by atoms with Crippen LogP contribution in [-0.4, -0.2) is 9.97 Å². The van der Waals surface area contributed by atoms with Gasteiger partial charge in [-0.15, -0.1) is 0 Å². The highest BCUT2D eigenvalue weighted by Crippen LogP contribution is 2.28. The summed E-state index contributed by atoms with van der Waals surface area (Å²) in [5, 5.41) is 2.37. The third kappa shape index (κ3) is 4.87. The molecule has 5 rings (SSSR count). The number of rotatable bonds is 5. The van der Waals surface area contributed by atoms with Gasteiger partial charge in [0.2, 0.25) is 0 Å². The van der Waals surface area contributed by atoms with Crippen LogP contribution in [0.15, 0.2) is 128 Å². The molecule has 0 radical (unpaired) electrons. The topological polar surface area (TPSA) is 25.8 Å². The van der Waals surface area contributed by atoms with E-state index in [1.165, 1.54) is 21.6 Å². The fraction of sp³-hybridized carbons (Fsp3) is 0.0303. The normalized spacial score (nSPS) is 12.3. The van der Waals surface area contributed by atoms with E-state index in [9.17, 15) is 0 Å². The molecule has 1 aromatic heterocycles. The van der Waals surface area contributed by atoms with Gasteiger partial charge in [-0.05, 0) is 34.6 Å². The summed E-state index contributed by atoms with van der Waals surface area (Å²) in [7, 11) is 0. The Labute approximate surface area is 206 Å². The van der Waals surface area contributed by atoms with Crippen molar-refractivity contribution in [1.82, 2.24) is 9.97 Å². The summed E-state index contributed by atoms with van der Waals surface area (Å²) >= 11 is 0. The molecule has 0 spiro atoms. The quantitative estimate of drug-likeness (QED) is 0.299. The zero-order valence-corrected chi connectivity index (χ0v) is 19.7. The molecular formula is C33H26N2. The maximum atomic E-state index is 4.94. The Bertz CT molecular complexity index is 1530. The van der Waals surface area contributed by atoms with Crippen LogP contribution in [0, 0.1) is 0 Å². The number of hydrogen-bond acceptors (Lipinski definition) is 2. The summed E-state index contributed by atoms with van der Waals surface area (Å²) in [6.45, 7) is 6.02. The summed E-state index contributed by atoms with van der Waals surface area (Å²) in [5.41, 5.74) is 7.36. The second-order valence-electron chi connectivity index (χ2n) is 8.39. The SMILES string of the molecule is C=C/C=c1/cccc/c1=C(/C)c1ccc(-c2cc(-c3ccccc3)nc(-c3ccccc3)n2)cc1. The monoisotopic (exact) mass is 450 g/mol. The summed E-state index contributed by atoms with van der Waals surface area (Å²) in [6, 6.07) is 39.5.